The molecule has 0 aromatic carbocycles. The van der Waals surface area contributed by atoms with E-state index in [2.05, 4.69) is 129 Å². The van der Waals surface area contributed by atoms with Crippen molar-refractivity contribution in [2.75, 3.05) is 13.2 Å². The van der Waals surface area contributed by atoms with Crippen molar-refractivity contribution in [3.8, 4) is 0 Å². The normalized spacial score (nSPS) is 19.9. The average Bonchev–Trinajstić information content (AvgIpc) is 3.40. The van der Waals surface area contributed by atoms with Crippen LogP contribution in [0.15, 0.2) is 122 Å². The highest BCUT2D eigenvalue weighted by Crippen LogP contribution is 2.23. The maximum absolute atomic E-state index is 13.1. The Morgan fingerprint density at radius 1 is 0.473 bits per heavy atom. The number of amides is 1. The van der Waals surface area contributed by atoms with Crippen molar-refractivity contribution in [1.82, 2.24) is 5.32 Å². The number of nitrogens with one attached hydrogen (secondary N) is 1. The van der Waals surface area contributed by atoms with E-state index < -0.39 is 49.5 Å². The fourth-order valence-corrected chi connectivity index (χ4v) is 8.58. The molecule has 0 aliphatic carbocycles. The lowest BCUT2D eigenvalue weighted by molar-refractivity contribution is -0.302. The number of aliphatic hydroxyl groups is 5. The van der Waals surface area contributed by atoms with Gasteiger partial charge in [-0.3, -0.25) is 4.79 Å². The SMILES string of the molecule is CC/C=C\C/C=C\C/C=C\C/C=C\C/C=C\C/C=C\C/C=C\CCCCCCCC(=O)NC(COC1OC(CO)C(O)C(O)C1O)C(O)/C=C/CC/C=C/CC/C=C/CCCCCCCCCCCCCCCC. The molecule has 7 unspecified atom stereocenters. The van der Waals surface area contributed by atoms with Crippen molar-refractivity contribution in [1.29, 1.82) is 0 Å². The summed E-state index contributed by atoms with van der Waals surface area (Å²) in [6.07, 6.45) is 72.6. The lowest BCUT2D eigenvalue weighted by Gasteiger charge is -2.40. The van der Waals surface area contributed by atoms with Gasteiger partial charge in [-0.2, -0.15) is 0 Å². The lowest BCUT2D eigenvalue weighted by Crippen LogP contribution is -2.60. The minimum Gasteiger partial charge on any atom is -0.394 e. The Morgan fingerprint density at radius 2 is 0.851 bits per heavy atom. The van der Waals surface area contributed by atoms with Crippen LogP contribution in [0.4, 0.5) is 0 Å². The summed E-state index contributed by atoms with van der Waals surface area (Å²) in [6, 6.07) is -0.849. The van der Waals surface area contributed by atoms with Crippen LogP contribution in [0.2, 0.25) is 0 Å². The Morgan fingerprint density at radius 3 is 1.30 bits per heavy atom. The van der Waals surface area contributed by atoms with Crippen LogP contribution in [-0.4, -0.2) is 87.5 Å². The molecule has 9 nitrogen and oxygen atoms in total. The van der Waals surface area contributed by atoms with Gasteiger partial charge in [0.2, 0.25) is 5.91 Å². The summed E-state index contributed by atoms with van der Waals surface area (Å²) in [5.41, 5.74) is 0. The standard InChI is InChI=1S/C65H109NO8/c1-3-5-7-9-11-13-15-17-19-21-23-25-27-29-30-31-33-35-37-39-41-43-45-47-49-51-53-55-61(69)66-58(57-73-65-64(72)63(71)62(70)60(56-67)74-65)59(68)54-52-50-48-46-44-42-40-38-36-34-32-28-26-24-22-20-18-16-14-12-10-8-6-4-2/h5,7,11,13,17,19,23,25,29-30,33,35-36,38-39,41,44,46,52,54,58-60,62-65,67-68,70-72H,3-4,6,8-10,12,14-16,18,20-22,24,26-28,31-32,34,37,40,42-43,45,47-51,53,55-57H2,1-2H3,(H,66,69)/b7-5-,13-11-,19-17-,25-23-,30-29-,35-33-,38-36+,41-39-,46-44+,54-52+. The fraction of sp³-hybridized carbons (Fsp3) is 0.677. The number of ether oxygens (including phenoxy) is 2. The number of hydrogen-bond acceptors (Lipinski definition) is 8. The van der Waals surface area contributed by atoms with E-state index in [1.54, 1.807) is 6.08 Å². The van der Waals surface area contributed by atoms with Crippen LogP contribution in [0, 0.1) is 0 Å². The molecule has 6 N–H and O–H groups in total. The predicted molar refractivity (Wildman–Crippen MR) is 313 cm³/mol. The molecular weight excluding hydrogens is 923 g/mol. The lowest BCUT2D eigenvalue weighted by atomic mass is 9.99. The molecule has 0 saturated carbocycles. The number of rotatable bonds is 49. The van der Waals surface area contributed by atoms with E-state index in [-0.39, 0.29) is 12.5 Å². The molecule has 74 heavy (non-hydrogen) atoms. The maximum Gasteiger partial charge on any atom is 0.220 e. The van der Waals surface area contributed by atoms with Crippen molar-refractivity contribution in [2.45, 2.75) is 269 Å². The molecule has 7 atom stereocenters. The highest BCUT2D eigenvalue weighted by Gasteiger charge is 2.44. The molecule has 1 fully saturated rings. The van der Waals surface area contributed by atoms with Crippen molar-refractivity contribution in [3.05, 3.63) is 122 Å². The van der Waals surface area contributed by atoms with Crippen molar-refractivity contribution in [2.24, 2.45) is 0 Å². The summed E-state index contributed by atoms with van der Waals surface area (Å²) in [4.78, 5) is 13.1. The molecule has 1 aliphatic rings. The molecule has 0 spiro atoms. The average molecular weight is 1030 g/mol. The van der Waals surface area contributed by atoms with Crippen LogP contribution in [0.5, 0.6) is 0 Å². The second-order valence-corrected chi connectivity index (χ2v) is 20.0. The van der Waals surface area contributed by atoms with E-state index in [4.69, 9.17) is 9.47 Å². The first kappa shape index (κ1) is 68.6. The number of allylic oxidation sites excluding steroid dienone is 19. The molecular formula is C65H109NO8. The van der Waals surface area contributed by atoms with E-state index in [0.717, 1.165) is 116 Å². The maximum atomic E-state index is 13.1. The summed E-state index contributed by atoms with van der Waals surface area (Å²) >= 11 is 0. The Bertz CT molecular complexity index is 1570. The Kier molecular flexibility index (Phi) is 49.1. The van der Waals surface area contributed by atoms with Crippen LogP contribution in [0.1, 0.15) is 226 Å². The zero-order valence-electron chi connectivity index (χ0n) is 46.8. The topological polar surface area (TPSA) is 149 Å². The number of hydrogen-bond donors (Lipinski definition) is 6. The second-order valence-electron chi connectivity index (χ2n) is 20.0. The molecule has 1 heterocycles. The van der Waals surface area contributed by atoms with Crippen LogP contribution in [0.3, 0.4) is 0 Å². The van der Waals surface area contributed by atoms with Gasteiger partial charge in [0.1, 0.15) is 24.4 Å². The van der Waals surface area contributed by atoms with Crippen LogP contribution < -0.4 is 5.32 Å². The summed E-state index contributed by atoms with van der Waals surface area (Å²) in [5.74, 6) is -0.214. The molecule has 9 heteroatoms. The van der Waals surface area contributed by atoms with E-state index in [1.807, 2.05) is 6.08 Å². The molecule has 0 aromatic rings. The largest absolute Gasteiger partial charge is 0.394 e. The number of carbonyl (C=O) groups excluding carboxylic acids is 1. The van der Waals surface area contributed by atoms with Gasteiger partial charge < -0.3 is 40.3 Å². The van der Waals surface area contributed by atoms with Gasteiger partial charge in [0.05, 0.1) is 25.4 Å². The van der Waals surface area contributed by atoms with Crippen LogP contribution >= 0.6 is 0 Å². The summed E-state index contributed by atoms with van der Waals surface area (Å²) in [7, 11) is 0. The third-order valence-electron chi connectivity index (χ3n) is 13.2. The highest BCUT2D eigenvalue weighted by molar-refractivity contribution is 5.76. The third-order valence-corrected chi connectivity index (χ3v) is 13.2. The molecule has 0 aromatic heterocycles. The number of unbranched alkanes of at least 4 members (excludes halogenated alkanes) is 21. The smallest absolute Gasteiger partial charge is 0.220 e. The summed E-state index contributed by atoms with van der Waals surface area (Å²) < 4.78 is 11.2. The molecule has 0 radical (unpaired) electrons. The Hall–Kier alpha value is -3.41. The second kappa shape index (κ2) is 53.0. The van der Waals surface area contributed by atoms with E-state index in [9.17, 15) is 30.3 Å². The van der Waals surface area contributed by atoms with Crippen molar-refractivity contribution >= 4 is 5.91 Å². The quantitative estimate of drug-likeness (QED) is 0.0261. The van der Waals surface area contributed by atoms with Crippen LogP contribution in [0.25, 0.3) is 0 Å². The minimum absolute atomic E-state index is 0.214. The number of aliphatic hydroxyl groups excluding tert-OH is 5. The van der Waals surface area contributed by atoms with E-state index in [0.29, 0.717) is 6.42 Å². The molecule has 1 rings (SSSR count). The van der Waals surface area contributed by atoms with Gasteiger partial charge in [-0.05, 0) is 103 Å². The van der Waals surface area contributed by atoms with Gasteiger partial charge in [0, 0.05) is 6.42 Å². The van der Waals surface area contributed by atoms with Crippen LogP contribution in [-0.2, 0) is 14.3 Å². The zero-order chi connectivity index (χ0) is 53.6. The molecule has 0 bridgehead atoms. The van der Waals surface area contributed by atoms with Gasteiger partial charge in [-0.1, -0.05) is 238 Å². The van der Waals surface area contributed by atoms with Gasteiger partial charge >= 0.3 is 0 Å². The van der Waals surface area contributed by atoms with E-state index in [1.165, 1.54) is 89.9 Å². The first-order valence-electron chi connectivity index (χ1n) is 29.8. The molecule has 1 amide bonds. The van der Waals surface area contributed by atoms with E-state index >= 15 is 0 Å². The van der Waals surface area contributed by atoms with Gasteiger partial charge in [-0.25, -0.2) is 0 Å². The zero-order valence-corrected chi connectivity index (χ0v) is 46.8. The minimum atomic E-state index is -1.59. The van der Waals surface area contributed by atoms with Crippen molar-refractivity contribution in [3.63, 3.8) is 0 Å². The summed E-state index contributed by atoms with van der Waals surface area (Å²) in [6.45, 7) is 3.63. The molecule has 1 aliphatic heterocycles. The van der Waals surface area contributed by atoms with Gasteiger partial charge in [0.25, 0.3) is 0 Å². The van der Waals surface area contributed by atoms with Crippen molar-refractivity contribution < 1.29 is 39.8 Å². The van der Waals surface area contributed by atoms with Gasteiger partial charge in [0.15, 0.2) is 6.29 Å². The monoisotopic (exact) mass is 1030 g/mol. The number of carbonyl (C=O) groups is 1. The predicted octanol–water partition coefficient (Wildman–Crippen LogP) is 15.1. The Labute approximate surface area is 452 Å². The summed E-state index contributed by atoms with van der Waals surface area (Å²) in [5, 5.41) is 54.5. The van der Waals surface area contributed by atoms with Gasteiger partial charge in [-0.15, -0.1) is 0 Å². The highest BCUT2D eigenvalue weighted by atomic mass is 16.7. The molecule has 422 valence electrons. The fourth-order valence-electron chi connectivity index (χ4n) is 8.58. The first-order valence-corrected chi connectivity index (χ1v) is 29.8. The first-order chi connectivity index (χ1) is 36.3. The molecule has 1 saturated heterocycles. The third kappa shape index (κ3) is 41.8. The Balaban J connectivity index is 2.30.